The van der Waals surface area contributed by atoms with Crippen LogP contribution in [0.5, 0.6) is 5.75 Å². The molecule has 1 fully saturated rings. The van der Waals surface area contributed by atoms with Gasteiger partial charge in [0.2, 0.25) is 0 Å². The van der Waals surface area contributed by atoms with Gasteiger partial charge in [-0.05, 0) is 65.6 Å². The first-order valence-corrected chi connectivity index (χ1v) is 7.62. The monoisotopic (exact) mass is 324 g/mol. The third-order valence-electron chi connectivity index (χ3n) is 4.48. The molecule has 0 aromatic heterocycles. The average molecular weight is 325 g/mol. The second kappa shape index (κ2) is 4.51. The summed E-state index contributed by atoms with van der Waals surface area (Å²) in [5, 5.41) is 19.8. The minimum Gasteiger partial charge on any atom is -0.506 e. The third-order valence-corrected chi connectivity index (χ3v) is 5.34. The minimum absolute atomic E-state index is 0.139. The number of carboxylic acids is 1. The van der Waals surface area contributed by atoms with Crippen molar-refractivity contribution in [2.24, 2.45) is 0 Å². The second-order valence-corrected chi connectivity index (χ2v) is 6.47. The normalized spacial score (nSPS) is 20.5. The van der Waals surface area contributed by atoms with E-state index in [1.54, 1.807) is 0 Å². The van der Waals surface area contributed by atoms with Crippen LogP contribution in [-0.4, -0.2) is 16.2 Å². The molecular weight excluding hydrogens is 308 g/mol. The van der Waals surface area contributed by atoms with E-state index in [0.29, 0.717) is 18.4 Å². The summed E-state index contributed by atoms with van der Waals surface area (Å²) in [5.41, 5.74) is 2.14. The van der Waals surface area contributed by atoms with Crippen LogP contribution >= 0.6 is 15.9 Å². The number of aryl methyl sites for hydroxylation is 1. The highest BCUT2D eigenvalue weighted by Crippen LogP contribution is 2.54. The van der Waals surface area contributed by atoms with Gasteiger partial charge in [-0.25, -0.2) is 0 Å². The molecule has 0 saturated heterocycles. The van der Waals surface area contributed by atoms with Gasteiger partial charge in [0.25, 0.3) is 0 Å². The van der Waals surface area contributed by atoms with Gasteiger partial charge in [-0.1, -0.05) is 12.5 Å². The lowest BCUT2D eigenvalue weighted by molar-refractivity contribution is -0.140. The fourth-order valence-electron chi connectivity index (χ4n) is 3.11. The van der Waals surface area contributed by atoms with Crippen molar-refractivity contribution in [1.82, 2.24) is 0 Å². The number of hydrogen-bond donors (Lipinski definition) is 2. The molecule has 0 heterocycles. The molecule has 3 nitrogen and oxygen atoms in total. The summed E-state index contributed by atoms with van der Waals surface area (Å²) in [6.07, 6.45) is 6.67. The maximum atomic E-state index is 11.5. The largest absolute Gasteiger partial charge is 0.506 e. The fourth-order valence-corrected chi connectivity index (χ4v) is 3.77. The van der Waals surface area contributed by atoms with E-state index < -0.39 is 11.4 Å². The predicted molar refractivity (Wildman–Crippen MR) is 75.6 cm³/mol. The molecule has 0 aliphatic heterocycles. The molecule has 1 saturated carbocycles. The number of benzene rings is 1. The van der Waals surface area contributed by atoms with Gasteiger partial charge in [0, 0.05) is 5.56 Å². The topological polar surface area (TPSA) is 57.5 Å². The number of halogens is 1. The fraction of sp³-hybridized carbons (Fsp3) is 0.533. The van der Waals surface area contributed by atoms with Crippen LogP contribution in [-0.2, 0) is 23.1 Å². The van der Waals surface area contributed by atoms with Crippen LogP contribution in [0.1, 0.15) is 48.8 Å². The van der Waals surface area contributed by atoms with Crippen LogP contribution in [0.3, 0.4) is 0 Å². The second-order valence-electron chi connectivity index (χ2n) is 5.67. The van der Waals surface area contributed by atoms with Gasteiger partial charge in [0.05, 0.1) is 9.89 Å². The van der Waals surface area contributed by atoms with E-state index in [0.717, 1.165) is 30.2 Å². The van der Waals surface area contributed by atoms with Crippen molar-refractivity contribution in [3.05, 3.63) is 27.2 Å². The van der Waals surface area contributed by atoms with Crippen LogP contribution in [0.25, 0.3) is 0 Å². The first kappa shape index (κ1) is 13.0. The molecule has 0 atom stereocenters. The molecule has 2 aliphatic carbocycles. The van der Waals surface area contributed by atoms with Crippen LogP contribution in [0.4, 0.5) is 0 Å². The highest BCUT2D eigenvalue weighted by atomic mass is 79.9. The van der Waals surface area contributed by atoms with E-state index >= 15 is 0 Å². The lowest BCUT2D eigenvalue weighted by Crippen LogP contribution is -2.20. The summed E-state index contributed by atoms with van der Waals surface area (Å²) >= 11 is 3.48. The van der Waals surface area contributed by atoms with Gasteiger partial charge in [-0.2, -0.15) is 0 Å². The summed E-state index contributed by atoms with van der Waals surface area (Å²) in [6.45, 7) is 0. The molecule has 0 spiro atoms. The first-order chi connectivity index (χ1) is 9.06. The smallest absolute Gasteiger partial charge is 0.314 e. The van der Waals surface area contributed by atoms with E-state index in [1.165, 1.54) is 17.5 Å². The van der Waals surface area contributed by atoms with E-state index in [1.807, 2.05) is 6.07 Å². The summed E-state index contributed by atoms with van der Waals surface area (Å²) in [4.78, 5) is 11.5. The molecule has 3 rings (SSSR count). The Kier molecular flexibility index (Phi) is 3.08. The Morgan fingerprint density at radius 2 is 1.89 bits per heavy atom. The number of phenolic OH excluding ortho intramolecular Hbond substituents is 1. The Morgan fingerprint density at radius 1 is 1.21 bits per heavy atom. The van der Waals surface area contributed by atoms with Crippen LogP contribution < -0.4 is 0 Å². The van der Waals surface area contributed by atoms with Crippen LogP contribution in [0, 0.1) is 0 Å². The van der Waals surface area contributed by atoms with Crippen LogP contribution in [0.15, 0.2) is 10.5 Å². The Labute approximate surface area is 120 Å². The van der Waals surface area contributed by atoms with Crippen molar-refractivity contribution >= 4 is 21.9 Å². The third kappa shape index (κ3) is 1.97. The highest BCUT2D eigenvalue weighted by Gasteiger charge is 2.53. The maximum absolute atomic E-state index is 11.5. The molecule has 0 unspecified atom stereocenters. The number of aliphatic carboxylic acids is 1. The van der Waals surface area contributed by atoms with Crippen molar-refractivity contribution in [3.8, 4) is 5.75 Å². The zero-order valence-electron chi connectivity index (χ0n) is 10.7. The summed E-state index contributed by atoms with van der Waals surface area (Å²) in [7, 11) is 0. The Balaban J connectivity index is 2.15. The van der Waals surface area contributed by atoms with Gasteiger partial charge >= 0.3 is 5.97 Å². The van der Waals surface area contributed by atoms with Crippen molar-refractivity contribution in [1.29, 1.82) is 0 Å². The molecule has 19 heavy (non-hydrogen) atoms. The summed E-state index contributed by atoms with van der Waals surface area (Å²) in [6, 6.07) is 1.95. The molecule has 2 aliphatic rings. The zero-order valence-corrected chi connectivity index (χ0v) is 12.3. The molecular formula is C15H17BrO3. The molecule has 0 bridgehead atoms. The number of rotatable bonds is 2. The number of hydrogen-bond acceptors (Lipinski definition) is 2. The van der Waals surface area contributed by atoms with Crippen molar-refractivity contribution in [2.75, 3.05) is 0 Å². The predicted octanol–water partition coefficient (Wildman–Crippen LogP) is 3.54. The van der Waals surface area contributed by atoms with E-state index in [-0.39, 0.29) is 5.75 Å². The van der Waals surface area contributed by atoms with Gasteiger partial charge in [-0.15, -0.1) is 0 Å². The Bertz CT molecular complexity index is 547. The molecule has 0 amide bonds. The van der Waals surface area contributed by atoms with Gasteiger partial charge in [0.1, 0.15) is 5.75 Å². The summed E-state index contributed by atoms with van der Waals surface area (Å²) < 4.78 is 0.717. The van der Waals surface area contributed by atoms with E-state index in [2.05, 4.69) is 15.9 Å². The minimum atomic E-state index is -0.839. The number of phenols is 1. The van der Waals surface area contributed by atoms with Gasteiger partial charge < -0.3 is 10.2 Å². The summed E-state index contributed by atoms with van der Waals surface area (Å²) in [5.74, 6) is -0.677. The first-order valence-electron chi connectivity index (χ1n) is 6.83. The molecule has 1 aromatic rings. The standard InChI is InChI=1S/C15H17BrO3/c16-12-10-5-3-1-2-4-9(10)8-11(13(12)17)15(6-7-15)14(18)19/h8,17H,1-7H2,(H,18,19). The van der Waals surface area contributed by atoms with Crippen LogP contribution in [0.2, 0.25) is 0 Å². The number of aromatic hydroxyl groups is 1. The molecule has 2 N–H and O–H groups in total. The lowest BCUT2D eigenvalue weighted by Gasteiger charge is -2.18. The molecule has 102 valence electrons. The van der Waals surface area contributed by atoms with Gasteiger partial charge in [-0.3, -0.25) is 4.79 Å². The molecule has 1 aromatic carbocycles. The average Bonchev–Trinajstić information content (AvgIpc) is 3.17. The van der Waals surface area contributed by atoms with Crippen molar-refractivity contribution < 1.29 is 15.0 Å². The maximum Gasteiger partial charge on any atom is 0.314 e. The van der Waals surface area contributed by atoms with Crippen molar-refractivity contribution in [2.45, 2.75) is 50.4 Å². The molecule has 4 heteroatoms. The molecule has 0 radical (unpaired) electrons. The Morgan fingerprint density at radius 3 is 2.53 bits per heavy atom. The quantitative estimate of drug-likeness (QED) is 0.818. The lowest BCUT2D eigenvalue weighted by atomic mass is 9.90. The highest BCUT2D eigenvalue weighted by molar-refractivity contribution is 9.10. The number of carbonyl (C=O) groups is 1. The van der Waals surface area contributed by atoms with Crippen molar-refractivity contribution in [3.63, 3.8) is 0 Å². The number of fused-ring (bicyclic) bond motifs is 1. The zero-order chi connectivity index (χ0) is 13.6. The SMILES string of the molecule is O=C(O)C1(c2cc3c(c(Br)c2O)CCCCC3)CC1. The number of carboxylic acid groups (broad SMARTS) is 1. The van der Waals surface area contributed by atoms with E-state index in [4.69, 9.17) is 0 Å². The van der Waals surface area contributed by atoms with Gasteiger partial charge in [0.15, 0.2) is 0 Å². The Hall–Kier alpha value is -1.03. The van der Waals surface area contributed by atoms with E-state index in [9.17, 15) is 15.0 Å².